The summed E-state index contributed by atoms with van der Waals surface area (Å²) in [6.45, 7) is 8.67. The Morgan fingerprint density at radius 1 is 0.732 bits per heavy atom. The van der Waals surface area contributed by atoms with Gasteiger partial charge >= 0.3 is 5.97 Å². The van der Waals surface area contributed by atoms with E-state index in [4.69, 9.17) is 9.16 Å². The van der Waals surface area contributed by atoms with Crippen LogP contribution >= 0.6 is 0 Å². The van der Waals surface area contributed by atoms with Crippen molar-refractivity contribution in [2.45, 2.75) is 44.9 Å². The third-order valence-corrected chi connectivity index (χ3v) is 12.5. The monoisotopic (exact) mass is 563 g/mol. The molecule has 0 saturated carbocycles. The highest BCUT2D eigenvalue weighted by atomic mass is 28.4. The molecule has 5 heteroatoms. The largest absolute Gasteiger partial charge is 0.466 e. The van der Waals surface area contributed by atoms with E-state index in [1.165, 1.54) is 34.7 Å². The Morgan fingerprint density at radius 3 is 1.54 bits per heavy atom. The van der Waals surface area contributed by atoms with Gasteiger partial charge in [0, 0.05) is 19.2 Å². The third kappa shape index (κ3) is 7.70. The number of hydrogen-bond donors (Lipinski definition) is 0. The summed E-state index contributed by atoms with van der Waals surface area (Å²) in [5.74, 6) is -0.375. The summed E-state index contributed by atoms with van der Waals surface area (Å²) >= 11 is 0. The lowest BCUT2D eigenvalue weighted by molar-refractivity contribution is -0.134. The molecule has 4 nitrogen and oxygen atoms in total. The molecule has 0 aliphatic heterocycles. The summed E-state index contributed by atoms with van der Waals surface area (Å²) in [7, 11) is -1.37. The quantitative estimate of drug-likeness (QED) is 0.114. The van der Waals surface area contributed by atoms with Gasteiger partial charge in [0.1, 0.15) is 0 Å². The zero-order valence-corrected chi connectivity index (χ0v) is 25.6. The standard InChI is InChI=1S/C36H41NO3Si/c1-36(2,3)41(33-21-13-7-14-22-33,34-23-15-8-16-24-34)40-29-32(25-26-35(38)39-4)37(27-30-17-9-5-10-18-30)28-31-19-11-6-12-20-31/h5-26,32H,27-29H2,1-4H3/b26-25+/t32-/m1/s1. The van der Waals surface area contributed by atoms with Crippen LogP contribution in [-0.4, -0.2) is 38.9 Å². The Bertz CT molecular complexity index is 1290. The second-order valence-corrected chi connectivity index (χ2v) is 15.6. The Kier molecular flexibility index (Phi) is 10.5. The van der Waals surface area contributed by atoms with Crippen LogP contribution in [0, 0.1) is 0 Å². The van der Waals surface area contributed by atoms with E-state index in [1.54, 1.807) is 0 Å². The number of hydrogen-bond acceptors (Lipinski definition) is 4. The van der Waals surface area contributed by atoms with Crippen molar-refractivity contribution < 1.29 is 14.0 Å². The van der Waals surface area contributed by atoms with Crippen molar-refractivity contribution in [2.24, 2.45) is 0 Å². The number of methoxy groups -OCH3 is 1. The van der Waals surface area contributed by atoms with Crippen LogP contribution in [0.3, 0.4) is 0 Å². The molecule has 0 aliphatic rings. The molecule has 212 valence electrons. The maximum atomic E-state index is 12.3. The molecule has 41 heavy (non-hydrogen) atoms. The van der Waals surface area contributed by atoms with Gasteiger partial charge in [-0.2, -0.15) is 0 Å². The van der Waals surface area contributed by atoms with Crippen LogP contribution in [0.15, 0.2) is 133 Å². The van der Waals surface area contributed by atoms with Gasteiger partial charge in [0.2, 0.25) is 0 Å². The Hall–Kier alpha value is -3.77. The fraction of sp³-hybridized carbons (Fsp3) is 0.250. The van der Waals surface area contributed by atoms with Gasteiger partial charge in [-0.1, -0.05) is 148 Å². The van der Waals surface area contributed by atoms with Gasteiger partial charge in [-0.3, -0.25) is 4.90 Å². The van der Waals surface area contributed by atoms with Crippen molar-refractivity contribution in [1.82, 2.24) is 4.90 Å². The summed E-state index contributed by atoms with van der Waals surface area (Å²) in [6.07, 6.45) is 3.47. The maximum Gasteiger partial charge on any atom is 0.330 e. The lowest BCUT2D eigenvalue weighted by Gasteiger charge is -2.44. The molecule has 0 radical (unpaired) electrons. The number of benzene rings is 4. The van der Waals surface area contributed by atoms with E-state index in [-0.39, 0.29) is 17.0 Å². The number of carbonyl (C=O) groups is 1. The molecule has 0 amide bonds. The van der Waals surface area contributed by atoms with Gasteiger partial charge in [-0.05, 0) is 26.5 Å². The van der Waals surface area contributed by atoms with Crippen molar-refractivity contribution in [3.8, 4) is 0 Å². The fourth-order valence-electron chi connectivity index (χ4n) is 5.44. The van der Waals surface area contributed by atoms with Crippen molar-refractivity contribution >= 4 is 24.7 Å². The zero-order valence-electron chi connectivity index (χ0n) is 24.6. The molecule has 1 atom stereocenters. The molecule has 0 bridgehead atoms. The molecule has 0 saturated heterocycles. The topological polar surface area (TPSA) is 38.8 Å². The first-order chi connectivity index (χ1) is 19.8. The molecule has 0 spiro atoms. The van der Waals surface area contributed by atoms with E-state index in [1.807, 2.05) is 18.2 Å². The molecule has 0 heterocycles. The van der Waals surface area contributed by atoms with E-state index >= 15 is 0 Å². The summed E-state index contributed by atoms with van der Waals surface area (Å²) in [6, 6.07) is 42.0. The van der Waals surface area contributed by atoms with E-state index in [0.29, 0.717) is 19.7 Å². The van der Waals surface area contributed by atoms with Gasteiger partial charge in [-0.25, -0.2) is 4.79 Å². The lowest BCUT2D eigenvalue weighted by atomic mass is 10.1. The number of nitrogens with zero attached hydrogens (tertiary/aromatic N) is 1. The first-order valence-corrected chi connectivity index (χ1v) is 16.1. The van der Waals surface area contributed by atoms with Crippen LogP contribution in [0.1, 0.15) is 31.9 Å². The minimum atomic E-state index is -2.78. The summed E-state index contributed by atoms with van der Waals surface area (Å²) in [5.41, 5.74) is 2.40. The first-order valence-electron chi connectivity index (χ1n) is 14.2. The molecule has 0 N–H and O–H groups in total. The van der Waals surface area contributed by atoms with Crippen LogP contribution in [-0.2, 0) is 27.0 Å². The molecule has 4 aromatic carbocycles. The van der Waals surface area contributed by atoms with Gasteiger partial charge in [0.15, 0.2) is 0 Å². The summed E-state index contributed by atoms with van der Waals surface area (Å²) in [5, 5.41) is 2.30. The van der Waals surface area contributed by atoms with Gasteiger partial charge in [-0.15, -0.1) is 0 Å². The van der Waals surface area contributed by atoms with Crippen molar-refractivity contribution in [3.63, 3.8) is 0 Å². The number of esters is 1. The van der Waals surface area contributed by atoms with Gasteiger partial charge in [0.05, 0.1) is 19.8 Å². The average molecular weight is 564 g/mol. The van der Waals surface area contributed by atoms with Gasteiger partial charge < -0.3 is 9.16 Å². The molecule has 0 aliphatic carbocycles. The van der Waals surface area contributed by atoms with Crippen molar-refractivity contribution in [1.29, 1.82) is 0 Å². The predicted octanol–water partition coefficient (Wildman–Crippen LogP) is 6.36. The van der Waals surface area contributed by atoms with E-state index in [9.17, 15) is 4.79 Å². The van der Waals surface area contributed by atoms with Crippen LogP contribution < -0.4 is 10.4 Å². The molecular formula is C36H41NO3Si. The van der Waals surface area contributed by atoms with Crippen molar-refractivity contribution in [3.05, 3.63) is 145 Å². The maximum absolute atomic E-state index is 12.3. The molecular weight excluding hydrogens is 522 g/mol. The Balaban J connectivity index is 1.78. The van der Waals surface area contributed by atoms with Crippen LogP contribution in [0.25, 0.3) is 0 Å². The molecule has 0 aromatic heterocycles. The molecule has 0 unspecified atom stereocenters. The van der Waals surface area contributed by atoms with Crippen LogP contribution in [0.5, 0.6) is 0 Å². The second-order valence-electron chi connectivity index (χ2n) is 11.3. The normalized spacial score (nSPS) is 12.9. The lowest BCUT2D eigenvalue weighted by Crippen LogP contribution is -2.67. The summed E-state index contributed by atoms with van der Waals surface area (Å²) in [4.78, 5) is 14.7. The van der Waals surface area contributed by atoms with Crippen LogP contribution in [0.4, 0.5) is 0 Å². The molecule has 4 aromatic rings. The second kappa shape index (κ2) is 14.2. The highest BCUT2D eigenvalue weighted by Gasteiger charge is 2.50. The zero-order chi connectivity index (χ0) is 29.1. The fourth-order valence-corrected chi connectivity index (χ4v) is 10.0. The minimum Gasteiger partial charge on any atom is -0.466 e. The third-order valence-electron chi connectivity index (χ3n) is 7.47. The Morgan fingerprint density at radius 2 is 1.15 bits per heavy atom. The smallest absolute Gasteiger partial charge is 0.330 e. The Labute approximate surface area is 246 Å². The SMILES string of the molecule is COC(=O)/C=C/[C@H](CO[Si](c1ccccc1)(c1ccccc1)C(C)(C)C)N(Cc1ccccc1)Cc1ccccc1. The van der Waals surface area contributed by atoms with Gasteiger partial charge in [0.25, 0.3) is 8.32 Å². The minimum absolute atomic E-state index is 0.157. The first kappa shape index (κ1) is 30.2. The van der Waals surface area contributed by atoms with E-state index < -0.39 is 8.32 Å². The number of carbonyl (C=O) groups excluding carboxylic acids is 1. The summed E-state index contributed by atoms with van der Waals surface area (Å²) < 4.78 is 12.3. The number of rotatable bonds is 12. The van der Waals surface area contributed by atoms with Crippen LogP contribution in [0.2, 0.25) is 5.04 Å². The predicted molar refractivity (Wildman–Crippen MR) is 171 cm³/mol. The highest BCUT2D eigenvalue weighted by molar-refractivity contribution is 6.99. The average Bonchev–Trinajstić information content (AvgIpc) is 3.00. The molecule has 4 rings (SSSR count). The van der Waals surface area contributed by atoms with Crippen molar-refractivity contribution in [2.75, 3.05) is 13.7 Å². The molecule has 0 fully saturated rings. The number of ether oxygens (including phenoxy) is 1. The van der Waals surface area contributed by atoms with E-state index in [2.05, 4.69) is 135 Å². The van der Waals surface area contributed by atoms with E-state index in [0.717, 1.165) is 0 Å². The highest BCUT2D eigenvalue weighted by Crippen LogP contribution is 2.37.